The third kappa shape index (κ3) is 1.50. The number of nitrogens with two attached hydrogens (primary N) is 1. The van der Waals surface area contributed by atoms with Crippen molar-refractivity contribution in [2.45, 2.75) is 26.7 Å². The van der Waals surface area contributed by atoms with Crippen LogP contribution in [0.3, 0.4) is 0 Å². The Labute approximate surface area is 89.4 Å². The van der Waals surface area contributed by atoms with Crippen molar-refractivity contribution in [3.05, 3.63) is 21.9 Å². The molecule has 1 atom stereocenters. The summed E-state index contributed by atoms with van der Waals surface area (Å²) in [6.45, 7) is 4.39. The number of nitrogens with zero attached hydrogens (tertiary/aromatic N) is 1. The molecule has 76 valence electrons. The van der Waals surface area contributed by atoms with Crippen molar-refractivity contribution in [1.82, 2.24) is 0 Å². The Hall–Kier alpha value is -0.700. The normalized spacial score (nSPS) is 26.9. The zero-order chi connectivity index (χ0) is 10.1. The summed E-state index contributed by atoms with van der Waals surface area (Å²) in [7, 11) is 0. The number of rotatable bonds is 1. The van der Waals surface area contributed by atoms with E-state index < -0.39 is 0 Å². The monoisotopic (exact) mass is 208 g/mol. The second-order valence-corrected chi connectivity index (χ2v) is 4.83. The maximum atomic E-state index is 6.19. The molecule has 2 rings (SSSR count). The molecule has 0 aromatic heterocycles. The maximum absolute atomic E-state index is 6.19. The Bertz CT molecular complexity index is 339. The number of thioether (sulfide) groups is 1. The molecule has 0 aliphatic carbocycles. The van der Waals surface area contributed by atoms with E-state index in [1.807, 2.05) is 18.0 Å². The van der Waals surface area contributed by atoms with E-state index in [2.05, 4.69) is 18.8 Å². The van der Waals surface area contributed by atoms with E-state index in [0.717, 1.165) is 29.3 Å². The first kappa shape index (κ1) is 9.84. The molecule has 0 spiro atoms. The summed E-state index contributed by atoms with van der Waals surface area (Å²) in [6, 6.07) is 0. The highest BCUT2D eigenvalue weighted by molar-refractivity contribution is 8.03. The van der Waals surface area contributed by atoms with E-state index in [9.17, 15) is 0 Å². The summed E-state index contributed by atoms with van der Waals surface area (Å²) in [5.74, 6) is 1.69. The van der Waals surface area contributed by atoms with Crippen LogP contribution in [-0.2, 0) is 0 Å². The minimum atomic E-state index is 0.562. The molecule has 0 bridgehead atoms. The van der Waals surface area contributed by atoms with Gasteiger partial charge in [0.15, 0.2) is 0 Å². The molecular formula is C11H16N2S. The first-order valence-corrected chi connectivity index (χ1v) is 6.10. The molecule has 14 heavy (non-hydrogen) atoms. The minimum Gasteiger partial charge on any atom is -0.398 e. The van der Waals surface area contributed by atoms with E-state index in [0.29, 0.717) is 5.92 Å². The molecule has 2 aliphatic rings. The molecule has 0 radical (unpaired) electrons. The van der Waals surface area contributed by atoms with E-state index in [1.165, 1.54) is 11.1 Å². The largest absolute Gasteiger partial charge is 0.398 e. The lowest BCUT2D eigenvalue weighted by atomic mass is 9.96. The molecule has 0 aromatic rings. The molecule has 0 amide bonds. The molecule has 2 nitrogen and oxygen atoms in total. The van der Waals surface area contributed by atoms with Crippen molar-refractivity contribution in [1.29, 1.82) is 0 Å². The van der Waals surface area contributed by atoms with Crippen LogP contribution in [0.5, 0.6) is 0 Å². The molecule has 2 aliphatic heterocycles. The van der Waals surface area contributed by atoms with Crippen molar-refractivity contribution in [3.63, 3.8) is 0 Å². The topological polar surface area (TPSA) is 38.4 Å². The number of hydrogen-bond donors (Lipinski definition) is 1. The van der Waals surface area contributed by atoms with Crippen molar-refractivity contribution < 1.29 is 0 Å². The lowest BCUT2D eigenvalue weighted by Gasteiger charge is -2.12. The first-order chi connectivity index (χ1) is 6.74. The molecule has 1 unspecified atom stereocenters. The Morgan fingerprint density at radius 3 is 3.14 bits per heavy atom. The zero-order valence-electron chi connectivity index (χ0n) is 8.71. The van der Waals surface area contributed by atoms with Crippen LogP contribution < -0.4 is 5.73 Å². The molecule has 2 N–H and O–H groups in total. The Kier molecular flexibility index (Phi) is 2.68. The molecule has 0 saturated heterocycles. The van der Waals surface area contributed by atoms with Gasteiger partial charge in [-0.3, -0.25) is 4.99 Å². The SMILES string of the molecule is CCC1=C(N)C2=C(N=CC1)SCC2C. The maximum Gasteiger partial charge on any atom is 0.101 e. The van der Waals surface area contributed by atoms with E-state index in [-0.39, 0.29) is 0 Å². The van der Waals surface area contributed by atoms with Crippen molar-refractivity contribution >= 4 is 18.0 Å². The predicted molar refractivity (Wildman–Crippen MR) is 63.3 cm³/mol. The van der Waals surface area contributed by atoms with Crippen LogP contribution in [0, 0.1) is 5.92 Å². The van der Waals surface area contributed by atoms with E-state index >= 15 is 0 Å². The van der Waals surface area contributed by atoms with Gasteiger partial charge in [0.25, 0.3) is 0 Å². The highest BCUT2D eigenvalue weighted by Crippen LogP contribution is 2.41. The number of allylic oxidation sites excluding steroid dienone is 2. The van der Waals surface area contributed by atoms with Gasteiger partial charge in [0.05, 0.1) is 0 Å². The van der Waals surface area contributed by atoms with Gasteiger partial charge >= 0.3 is 0 Å². The van der Waals surface area contributed by atoms with Gasteiger partial charge in [-0.05, 0) is 17.9 Å². The predicted octanol–water partition coefficient (Wildman–Crippen LogP) is 2.68. The van der Waals surface area contributed by atoms with Crippen LogP contribution in [0.25, 0.3) is 0 Å². The molecule has 3 heteroatoms. The molecule has 0 aromatic carbocycles. The van der Waals surface area contributed by atoms with Crippen LogP contribution in [0.2, 0.25) is 0 Å². The Morgan fingerprint density at radius 1 is 1.64 bits per heavy atom. The Morgan fingerprint density at radius 2 is 2.43 bits per heavy atom. The average molecular weight is 208 g/mol. The fraction of sp³-hybridized carbons (Fsp3) is 0.545. The highest BCUT2D eigenvalue weighted by atomic mass is 32.2. The summed E-state index contributed by atoms with van der Waals surface area (Å²) in [5, 5.41) is 1.15. The Balaban J connectivity index is 2.46. The third-order valence-electron chi connectivity index (χ3n) is 2.84. The van der Waals surface area contributed by atoms with Crippen LogP contribution in [0.4, 0.5) is 0 Å². The lowest BCUT2D eigenvalue weighted by molar-refractivity contribution is 0.790. The van der Waals surface area contributed by atoms with Gasteiger partial charge in [-0.25, -0.2) is 0 Å². The second-order valence-electron chi connectivity index (χ2n) is 3.82. The standard InChI is InChI=1S/C11H16N2S/c1-3-8-4-5-13-11-9(10(8)12)7(2)6-14-11/h5,7H,3-4,6,12H2,1-2H3. The van der Waals surface area contributed by atoms with Gasteiger partial charge in [-0.2, -0.15) is 0 Å². The van der Waals surface area contributed by atoms with E-state index in [4.69, 9.17) is 5.73 Å². The van der Waals surface area contributed by atoms with E-state index in [1.54, 1.807) is 0 Å². The van der Waals surface area contributed by atoms with Crippen molar-refractivity contribution in [3.8, 4) is 0 Å². The lowest BCUT2D eigenvalue weighted by Crippen LogP contribution is -2.10. The molecule has 0 fully saturated rings. The smallest absolute Gasteiger partial charge is 0.101 e. The summed E-state index contributed by atoms with van der Waals surface area (Å²) < 4.78 is 0. The fourth-order valence-electron chi connectivity index (χ4n) is 1.94. The van der Waals surface area contributed by atoms with Crippen molar-refractivity contribution in [2.24, 2.45) is 16.6 Å². The van der Waals surface area contributed by atoms with Gasteiger partial charge in [-0.15, -0.1) is 11.8 Å². The number of hydrogen-bond acceptors (Lipinski definition) is 3. The average Bonchev–Trinajstić information content (AvgIpc) is 2.45. The first-order valence-electron chi connectivity index (χ1n) is 5.11. The van der Waals surface area contributed by atoms with Crippen LogP contribution >= 0.6 is 11.8 Å². The van der Waals surface area contributed by atoms with Gasteiger partial charge in [0.1, 0.15) is 5.03 Å². The summed E-state index contributed by atoms with van der Waals surface area (Å²) in [4.78, 5) is 4.48. The van der Waals surface area contributed by atoms with Gasteiger partial charge < -0.3 is 5.73 Å². The van der Waals surface area contributed by atoms with Gasteiger partial charge in [-0.1, -0.05) is 13.8 Å². The number of aliphatic imine (C=N–C) groups is 1. The van der Waals surface area contributed by atoms with Gasteiger partial charge in [0.2, 0.25) is 0 Å². The van der Waals surface area contributed by atoms with Crippen molar-refractivity contribution in [2.75, 3.05) is 5.75 Å². The van der Waals surface area contributed by atoms with Crippen LogP contribution in [0.15, 0.2) is 26.9 Å². The molecule has 0 saturated carbocycles. The van der Waals surface area contributed by atoms with Gasteiger partial charge in [0, 0.05) is 29.7 Å². The fourth-order valence-corrected chi connectivity index (χ4v) is 3.13. The summed E-state index contributed by atoms with van der Waals surface area (Å²) in [5.41, 5.74) is 9.84. The summed E-state index contributed by atoms with van der Waals surface area (Å²) >= 11 is 1.83. The zero-order valence-corrected chi connectivity index (χ0v) is 9.53. The van der Waals surface area contributed by atoms with Crippen LogP contribution in [-0.4, -0.2) is 12.0 Å². The summed E-state index contributed by atoms with van der Waals surface area (Å²) in [6.07, 6.45) is 3.95. The highest BCUT2D eigenvalue weighted by Gasteiger charge is 2.26. The molecular weight excluding hydrogens is 192 g/mol. The second kappa shape index (κ2) is 3.81. The quantitative estimate of drug-likeness (QED) is 0.719. The minimum absolute atomic E-state index is 0.562. The third-order valence-corrected chi connectivity index (χ3v) is 4.10. The molecule has 2 heterocycles. The van der Waals surface area contributed by atoms with Crippen LogP contribution in [0.1, 0.15) is 26.7 Å².